The molecule has 38 valence electrons. The van der Waals surface area contributed by atoms with Crippen molar-refractivity contribution in [3.63, 3.8) is 0 Å². The van der Waals surface area contributed by atoms with Crippen LogP contribution < -0.4 is 0 Å². The largest absolute Gasteiger partial charge is 0.339 e. The average molecular weight is 151 g/mol. The van der Waals surface area contributed by atoms with E-state index in [0.717, 1.165) is 0 Å². The molecule has 6 heteroatoms. The van der Waals surface area contributed by atoms with E-state index in [0.29, 0.717) is 0 Å². The predicted molar refractivity (Wildman–Crippen MR) is 22.0 cm³/mol. The maximum Gasteiger partial charge on any atom is 0.339 e. The molecule has 3 nitrogen and oxygen atoms in total. The first-order chi connectivity index (χ1) is 2.81. The summed E-state index contributed by atoms with van der Waals surface area (Å²) in [6.07, 6.45) is 0. The van der Waals surface area contributed by atoms with Gasteiger partial charge in [0.05, 0.1) is 23.7 Å². The van der Waals surface area contributed by atoms with Crippen molar-refractivity contribution < 1.29 is 11.7 Å². The van der Waals surface area contributed by atoms with Crippen LogP contribution in [0.1, 0.15) is 0 Å². The van der Waals surface area contributed by atoms with Crippen LogP contribution in [-0.2, 0) is 18.8 Å². The van der Waals surface area contributed by atoms with Crippen molar-refractivity contribution in [2.24, 2.45) is 0 Å². The van der Waals surface area contributed by atoms with Crippen molar-refractivity contribution in [2.75, 3.05) is 0 Å². The molecule has 0 aromatic heterocycles. The number of halogens is 2. The van der Waals surface area contributed by atoms with Gasteiger partial charge in [-0.2, -0.15) is 11.7 Å². The molecule has 0 fully saturated rings. The van der Waals surface area contributed by atoms with E-state index in [1.807, 2.05) is 0 Å². The third kappa shape index (κ3) is 2.87. The van der Waals surface area contributed by atoms with Gasteiger partial charge in [0.25, 0.3) is 0 Å². The van der Waals surface area contributed by atoms with Crippen LogP contribution in [0.25, 0.3) is 0 Å². The van der Waals surface area contributed by atoms with Crippen molar-refractivity contribution in [3.8, 4) is 0 Å². The highest BCUT2D eigenvalue weighted by Crippen LogP contribution is 1.92. The van der Waals surface area contributed by atoms with E-state index in [1.165, 1.54) is 0 Å². The van der Waals surface area contributed by atoms with E-state index in [9.17, 15) is 4.21 Å². The molecule has 0 saturated carbocycles. The third-order valence-corrected chi connectivity index (χ3v) is 0.926. The summed E-state index contributed by atoms with van der Waals surface area (Å²) in [6, 6.07) is 0. The van der Waals surface area contributed by atoms with Crippen LogP contribution in [0.2, 0.25) is 0 Å². The monoisotopic (exact) mass is 150 g/mol. The molecule has 0 aliphatic heterocycles. The lowest BCUT2D eigenvalue weighted by Gasteiger charge is -1.79. The third-order valence-electron chi connectivity index (χ3n) is 0.103. The highest BCUT2D eigenvalue weighted by Gasteiger charge is 1.91. The molecule has 0 heterocycles. The minimum absolute atomic E-state index is 2.00. The van der Waals surface area contributed by atoms with Gasteiger partial charge in [-0.25, -0.2) is 0 Å². The van der Waals surface area contributed by atoms with Gasteiger partial charge < -0.3 is 0 Å². The smallest absolute Gasteiger partial charge is 0.194 e. The Balaban J connectivity index is 2.99. The summed E-state index contributed by atoms with van der Waals surface area (Å²) >= 11 is 6.88. The molecular weight excluding hydrogens is 151 g/mol. The highest BCUT2D eigenvalue weighted by molar-refractivity contribution is 7.76. The Kier molecular flexibility index (Phi) is 4.24. The molecule has 0 atom stereocenters. The minimum Gasteiger partial charge on any atom is -0.194 e. The molecule has 0 aromatic carbocycles. The minimum atomic E-state index is -2.00. The van der Waals surface area contributed by atoms with Crippen LogP contribution >= 0.6 is 23.7 Å². The van der Waals surface area contributed by atoms with Crippen LogP contribution in [0, 0.1) is 0 Å². The van der Waals surface area contributed by atoms with Gasteiger partial charge in [0.15, 0.2) is 0 Å². The van der Waals surface area contributed by atoms with E-state index < -0.39 is 11.4 Å². The van der Waals surface area contributed by atoms with Crippen LogP contribution in [-0.4, -0.2) is 4.21 Å². The first-order valence-electron chi connectivity index (χ1n) is 0.809. The summed E-state index contributed by atoms with van der Waals surface area (Å²) in [4.78, 5) is 0. The normalized spacial score (nSPS) is 9.83. The lowest BCUT2D eigenvalue weighted by molar-refractivity contribution is 0.503. The molecule has 0 rings (SSSR count). The molecule has 0 spiro atoms. The van der Waals surface area contributed by atoms with Gasteiger partial charge in [0.1, 0.15) is 0 Å². The Bertz CT molecular complexity index is 46.8. The zero-order valence-corrected chi connectivity index (χ0v) is 4.72. The molecular formula is Cl2O3S. The molecule has 0 saturated heterocycles. The fourth-order valence-electron chi connectivity index (χ4n) is 0.00972. The molecule has 0 radical (unpaired) electrons. The number of rotatable bonds is 2. The first-order valence-corrected chi connectivity index (χ1v) is 2.43. The molecule has 0 aliphatic rings. The standard InChI is InChI=1S/Cl2O3S/c1-4-6(3)5-2. The van der Waals surface area contributed by atoms with E-state index in [1.54, 1.807) is 0 Å². The lowest BCUT2D eigenvalue weighted by Crippen LogP contribution is -1.82. The van der Waals surface area contributed by atoms with Crippen molar-refractivity contribution >= 4 is 35.1 Å². The first kappa shape index (κ1) is 6.65. The fourth-order valence-corrected chi connectivity index (χ4v) is 0.262. The van der Waals surface area contributed by atoms with Gasteiger partial charge in [-0.1, -0.05) is 0 Å². The van der Waals surface area contributed by atoms with Gasteiger partial charge in [0.2, 0.25) is 0 Å². The van der Waals surface area contributed by atoms with Crippen LogP contribution in [0.4, 0.5) is 0 Å². The van der Waals surface area contributed by atoms with E-state index in [4.69, 9.17) is 0 Å². The molecule has 0 unspecified atom stereocenters. The Morgan fingerprint density at radius 2 is 1.67 bits per heavy atom. The summed E-state index contributed by atoms with van der Waals surface area (Å²) in [5.74, 6) is 0. The Hall–Kier alpha value is 0.650. The van der Waals surface area contributed by atoms with Crippen LogP contribution in [0.5, 0.6) is 0 Å². The summed E-state index contributed by atoms with van der Waals surface area (Å²) < 4.78 is 16.6. The Labute approximate surface area is 47.3 Å². The van der Waals surface area contributed by atoms with Crippen molar-refractivity contribution in [2.45, 2.75) is 0 Å². The fraction of sp³-hybridized carbons (Fsp3) is 0. The quantitative estimate of drug-likeness (QED) is 0.588. The van der Waals surface area contributed by atoms with E-state index in [-0.39, 0.29) is 0 Å². The zero-order chi connectivity index (χ0) is 4.99. The highest BCUT2D eigenvalue weighted by atomic mass is 35.5. The molecule has 0 aliphatic carbocycles. The van der Waals surface area contributed by atoms with Gasteiger partial charge in [-0.15, -0.1) is 0 Å². The maximum absolute atomic E-state index is 9.58. The SMILES string of the molecule is O=S(OCl)OCl. The summed E-state index contributed by atoms with van der Waals surface area (Å²) in [7, 11) is 0. The average Bonchev–Trinajstić information content (AvgIpc) is 1.65. The molecule has 0 bridgehead atoms. The topological polar surface area (TPSA) is 35.5 Å². The van der Waals surface area contributed by atoms with Crippen molar-refractivity contribution in [1.29, 1.82) is 0 Å². The Morgan fingerprint density at radius 3 is 1.67 bits per heavy atom. The van der Waals surface area contributed by atoms with Gasteiger partial charge in [-0.05, 0) is 0 Å². The zero-order valence-electron chi connectivity index (χ0n) is 2.39. The van der Waals surface area contributed by atoms with E-state index >= 15 is 0 Å². The summed E-state index contributed by atoms with van der Waals surface area (Å²) in [6.45, 7) is 0. The van der Waals surface area contributed by atoms with Gasteiger partial charge in [-0.3, -0.25) is 0 Å². The second kappa shape index (κ2) is 3.83. The van der Waals surface area contributed by atoms with E-state index in [2.05, 4.69) is 31.2 Å². The lowest BCUT2D eigenvalue weighted by atomic mass is 15.8. The Morgan fingerprint density at radius 1 is 1.33 bits per heavy atom. The molecule has 0 aromatic rings. The van der Waals surface area contributed by atoms with Crippen molar-refractivity contribution in [3.05, 3.63) is 0 Å². The molecule has 0 N–H and O–H groups in total. The summed E-state index contributed by atoms with van der Waals surface area (Å²) in [5.41, 5.74) is 0. The number of hydrogen-bond acceptors (Lipinski definition) is 3. The van der Waals surface area contributed by atoms with Crippen LogP contribution in [0.3, 0.4) is 0 Å². The van der Waals surface area contributed by atoms with Gasteiger partial charge >= 0.3 is 11.4 Å². The van der Waals surface area contributed by atoms with Gasteiger partial charge in [0, 0.05) is 0 Å². The summed E-state index contributed by atoms with van der Waals surface area (Å²) in [5, 5.41) is 0. The predicted octanol–water partition coefficient (Wildman–Crippen LogP) is 0.906. The number of hydrogen-bond donors (Lipinski definition) is 0. The maximum atomic E-state index is 9.58. The second-order valence-corrected chi connectivity index (χ2v) is 1.75. The molecule has 6 heavy (non-hydrogen) atoms. The van der Waals surface area contributed by atoms with Crippen LogP contribution in [0.15, 0.2) is 0 Å². The van der Waals surface area contributed by atoms with Crippen molar-refractivity contribution in [1.82, 2.24) is 0 Å². The second-order valence-electron chi connectivity index (χ2n) is 0.330. The molecule has 0 amide bonds.